The van der Waals surface area contributed by atoms with Crippen molar-refractivity contribution in [3.05, 3.63) is 12.7 Å². The van der Waals surface area contributed by atoms with E-state index in [-0.39, 0.29) is 17.0 Å². The Morgan fingerprint density at radius 3 is 2.95 bits per heavy atom. The van der Waals surface area contributed by atoms with Gasteiger partial charge in [-0.15, -0.1) is 0 Å². The average molecular weight is 284 g/mol. The number of anilines is 1. The minimum absolute atomic E-state index is 0.0143. The van der Waals surface area contributed by atoms with Crippen LogP contribution in [0.5, 0.6) is 0 Å². The fourth-order valence-corrected chi connectivity index (χ4v) is 2.24. The van der Waals surface area contributed by atoms with E-state index in [9.17, 15) is 10.2 Å². The lowest BCUT2D eigenvalue weighted by atomic mass is 10.1. The van der Waals surface area contributed by atoms with Gasteiger partial charge in [-0.05, 0) is 0 Å². The molecule has 0 radical (unpaired) electrons. The summed E-state index contributed by atoms with van der Waals surface area (Å²) >= 11 is 0. The van der Waals surface area contributed by atoms with Gasteiger partial charge in [-0.2, -0.15) is 0 Å². The molecule has 4 atom stereocenters. The summed E-state index contributed by atoms with van der Waals surface area (Å²) in [7, 11) is 0. The third-order valence-electron chi connectivity index (χ3n) is 3.27. The molecule has 0 spiro atoms. The van der Waals surface area contributed by atoms with Gasteiger partial charge in [0, 0.05) is 11.1 Å². The Hall–Kier alpha value is -1.81. The number of aliphatic hydroxyl groups excluding tert-OH is 3. The van der Waals surface area contributed by atoms with Crippen LogP contribution in [0.3, 0.4) is 0 Å². The molecule has 1 saturated heterocycles. The summed E-state index contributed by atoms with van der Waals surface area (Å²) in [5.74, 6) is 0.0143. The second-order valence-electron chi connectivity index (χ2n) is 4.40. The molecule has 9 nitrogen and oxygen atoms in total. The van der Waals surface area contributed by atoms with Crippen molar-refractivity contribution >= 4 is 17.0 Å². The van der Waals surface area contributed by atoms with E-state index in [0.29, 0.717) is 0 Å². The summed E-state index contributed by atoms with van der Waals surface area (Å²) < 4.78 is 28.5. The lowest BCUT2D eigenvalue weighted by molar-refractivity contribution is -0.0511. The number of imidazole rings is 1. The maximum atomic E-state index is 10.1. The molecule has 2 aromatic rings. The van der Waals surface area contributed by atoms with Crippen molar-refractivity contribution in [2.45, 2.75) is 24.5 Å². The first kappa shape index (κ1) is 10.00. The number of rotatable bonds is 3. The number of aromatic nitrogens is 4. The number of nitrogens with one attached hydrogen (secondary N) is 1. The van der Waals surface area contributed by atoms with Crippen molar-refractivity contribution in [3.63, 3.8) is 0 Å². The molecule has 1 aliphatic rings. The molecule has 4 N–H and O–H groups in total. The molecule has 3 heterocycles. The maximum Gasteiger partial charge on any atom is 0.167 e. The largest absolute Gasteiger partial charge is 0.394 e. The summed E-state index contributed by atoms with van der Waals surface area (Å²) in [6.45, 7) is -2.91. The first-order chi connectivity index (χ1) is 10.8. The number of ether oxygens (including phenoxy) is 1. The second kappa shape index (κ2) is 4.94. The fraction of sp³-hybridized carbons (Fsp3) is 0.545. The normalized spacial score (nSPS) is 32.9. The Balaban J connectivity index is 1.99. The topological polar surface area (TPSA) is 126 Å². The van der Waals surface area contributed by atoms with Crippen LogP contribution in [0.25, 0.3) is 11.2 Å². The molecular weight excluding hydrogens is 266 g/mol. The molecule has 108 valence electrons. The van der Waals surface area contributed by atoms with E-state index in [2.05, 4.69) is 20.3 Å². The standard InChI is InChI=1S/C11H15N5O4/c1-12-9-6-10(14-3-13-9)16(4-15-6)11-8(19)7(18)5(2-17)20-11/h3-5,7-8,11,17-19H,2H2,1H3,(H,12,13,14)/t5-,7-,8-,11-/m1/s1/i1D3. The summed E-state index contributed by atoms with van der Waals surface area (Å²) in [4.78, 5) is 11.9. The Kier molecular flexibility index (Phi) is 2.47. The molecule has 0 aromatic carbocycles. The third-order valence-corrected chi connectivity index (χ3v) is 3.27. The summed E-state index contributed by atoms with van der Waals surface area (Å²) in [6, 6.07) is 0. The van der Waals surface area contributed by atoms with Crippen LogP contribution in [0, 0.1) is 0 Å². The lowest BCUT2D eigenvalue weighted by Crippen LogP contribution is -2.33. The molecular formula is C11H15N5O4. The number of nitrogens with zero attached hydrogens (tertiary/aromatic N) is 4. The molecule has 0 unspecified atom stereocenters. The minimum atomic E-state index is -2.45. The zero-order valence-corrected chi connectivity index (χ0v) is 10.2. The van der Waals surface area contributed by atoms with Crippen LogP contribution in [0.1, 0.15) is 10.3 Å². The van der Waals surface area contributed by atoms with Crippen LogP contribution in [0.4, 0.5) is 5.82 Å². The monoisotopic (exact) mass is 284 g/mol. The molecule has 1 aliphatic heterocycles. The summed E-state index contributed by atoms with van der Waals surface area (Å²) in [6.07, 6.45) is -2.06. The highest BCUT2D eigenvalue weighted by atomic mass is 16.6. The van der Waals surface area contributed by atoms with Crippen LogP contribution >= 0.6 is 0 Å². The lowest BCUT2D eigenvalue weighted by Gasteiger charge is -2.16. The van der Waals surface area contributed by atoms with Crippen molar-refractivity contribution in [2.75, 3.05) is 18.9 Å². The first-order valence-electron chi connectivity index (χ1n) is 7.40. The van der Waals surface area contributed by atoms with Crippen molar-refractivity contribution in [3.8, 4) is 0 Å². The third kappa shape index (κ3) is 1.83. The molecule has 3 rings (SSSR count). The number of fused-ring (bicyclic) bond motifs is 1. The molecule has 0 saturated carbocycles. The fourth-order valence-electron chi connectivity index (χ4n) is 2.24. The van der Waals surface area contributed by atoms with Gasteiger partial charge < -0.3 is 25.4 Å². The van der Waals surface area contributed by atoms with Crippen molar-refractivity contribution in [2.24, 2.45) is 0 Å². The molecule has 2 aromatic heterocycles. The zero-order chi connectivity index (χ0) is 16.8. The van der Waals surface area contributed by atoms with E-state index in [0.717, 1.165) is 6.33 Å². The van der Waals surface area contributed by atoms with Crippen LogP contribution in [0.2, 0.25) is 0 Å². The predicted octanol–water partition coefficient (Wildman–Crippen LogP) is -1.52. The van der Waals surface area contributed by atoms with E-state index in [1.165, 1.54) is 10.9 Å². The molecule has 0 aliphatic carbocycles. The number of hydrogen-bond donors (Lipinski definition) is 4. The van der Waals surface area contributed by atoms with E-state index >= 15 is 0 Å². The van der Waals surface area contributed by atoms with Crippen molar-refractivity contribution < 1.29 is 24.2 Å². The second-order valence-corrected chi connectivity index (χ2v) is 4.40. The van der Waals surface area contributed by atoms with Crippen molar-refractivity contribution in [1.82, 2.24) is 19.5 Å². The van der Waals surface area contributed by atoms with Gasteiger partial charge in [0.05, 0.1) is 12.9 Å². The predicted molar refractivity (Wildman–Crippen MR) is 67.9 cm³/mol. The van der Waals surface area contributed by atoms with E-state index in [4.69, 9.17) is 14.0 Å². The maximum absolute atomic E-state index is 10.1. The Labute approximate surface area is 118 Å². The highest BCUT2D eigenvalue weighted by Crippen LogP contribution is 2.31. The van der Waals surface area contributed by atoms with Crippen LogP contribution < -0.4 is 5.32 Å². The van der Waals surface area contributed by atoms with E-state index < -0.39 is 38.1 Å². The molecule has 1 fully saturated rings. The van der Waals surface area contributed by atoms with Crippen LogP contribution in [-0.2, 0) is 4.74 Å². The highest BCUT2D eigenvalue weighted by molar-refractivity contribution is 5.82. The van der Waals surface area contributed by atoms with E-state index in [1.807, 2.05) is 0 Å². The minimum Gasteiger partial charge on any atom is -0.394 e. The molecule has 0 amide bonds. The number of hydrogen-bond acceptors (Lipinski definition) is 8. The van der Waals surface area contributed by atoms with Crippen LogP contribution in [-0.4, -0.2) is 66.7 Å². The average Bonchev–Trinajstić information content (AvgIpc) is 3.01. The van der Waals surface area contributed by atoms with Gasteiger partial charge in [0.15, 0.2) is 17.7 Å². The smallest absolute Gasteiger partial charge is 0.167 e. The summed E-state index contributed by atoms with van der Waals surface area (Å²) in [5.41, 5.74) is 0.406. The molecule has 20 heavy (non-hydrogen) atoms. The highest BCUT2D eigenvalue weighted by Gasteiger charge is 2.43. The first-order valence-corrected chi connectivity index (χ1v) is 5.90. The van der Waals surface area contributed by atoms with Gasteiger partial charge in [-0.3, -0.25) is 4.57 Å². The van der Waals surface area contributed by atoms with Gasteiger partial charge in [0.2, 0.25) is 0 Å². The molecule has 0 bridgehead atoms. The van der Waals surface area contributed by atoms with E-state index in [1.54, 1.807) is 0 Å². The van der Waals surface area contributed by atoms with Gasteiger partial charge in [-0.25, -0.2) is 15.0 Å². The summed E-state index contributed by atoms with van der Waals surface area (Å²) in [5, 5.41) is 31.3. The van der Waals surface area contributed by atoms with Gasteiger partial charge in [-0.1, -0.05) is 0 Å². The van der Waals surface area contributed by atoms with Gasteiger partial charge >= 0.3 is 0 Å². The Bertz CT molecular complexity index is 709. The molecule has 9 heteroatoms. The SMILES string of the molecule is [2H]C([2H])([2H])Nc1ncnc2c1ncn2[C@@H]1O[C@H](CO)[C@@H](O)[C@H]1O. The van der Waals surface area contributed by atoms with Crippen molar-refractivity contribution in [1.29, 1.82) is 0 Å². The van der Waals surface area contributed by atoms with Crippen LogP contribution in [0.15, 0.2) is 12.7 Å². The number of aliphatic hydroxyl groups is 3. The zero-order valence-electron chi connectivity index (χ0n) is 13.2. The Morgan fingerprint density at radius 2 is 2.25 bits per heavy atom. The Morgan fingerprint density at radius 1 is 1.40 bits per heavy atom. The van der Waals surface area contributed by atoms with Gasteiger partial charge in [0.1, 0.15) is 30.2 Å². The van der Waals surface area contributed by atoms with Gasteiger partial charge in [0.25, 0.3) is 0 Å². The quantitative estimate of drug-likeness (QED) is 0.535.